The van der Waals surface area contributed by atoms with Crippen molar-refractivity contribution in [3.8, 4) is 0 Å². The van der Waals surface area contributed by atoms with E-state index in [2.05, 4.69) is 39.8 Å². The summed E-state index contributed by atoms with van der Waals surface area (Å²) in [6.45, 7) is 2.57. The zero-order chi connectivity index (χ0) is 17.3. The summed E-state index contributed by atoms with van der Waals surface area (Å²) in [5.74, 6) is 0.222. The van der Waals surface area contributed by atoms with E-state index in [1.165, 1.54) is 37.8 Å². The number of nitrogens with one attached hydrogen (secondary N) is 2. The Morgan fingerprint density at radius 1 is 0.880 bits per heavy atom. The molecule has 1 aliphatic carbocycles. The first-order valence-corrected chi connectivity index (χ1v) is 10.1. The Bertz CT molecular complexity index is 503. The van der Waals surface area contributed by atoms with Gasteiger partial charge in [-0.05, 0) is 37.8 Å². The number of rotatable bonds is 5. The number of benzene rings is 1. The summed E-state index contributed by atoms with van der Waals surface area (Å²) in [6.07, 6.45) is 11.1. The number of anilines is 1. The van der Waals surface area contributed by atoms with Gasteiger partial charge in [0.05, 0.1) is 6.54 Å². The van der Waals surface area contributed by atoms with Crippen LogP contribution in [0.3, 0.4) is 0 Å². The zero-order valence-corrected chi connectivity index (χ0v) is 15.4. The van der Waals surface area contributed by atoms with Gasteiger partial charge in [0.25, 0.3) is 0 Å². The molecule has 4 nitrogen and oxygen atoms in total. The van der Waals surface area contributed by atoms with Gasteiger partial charge in [0, 0.05) is 30.9 Å². The van der Waals surface area contributed by atoms with Gasteiger partial charge in [0.15, 0.2) is 0 Å². The minimum Gasteiger partial charge on any atom is -0.382 e. The fraction of sp³-hybridized carbons (Fsp3) is 0.667. The number of piperidine rings is 1. The molecule has 25 heavy (non-hydrogen) atoms. The van der Waals surface area contributed by atoms with E-state index < -0.39 is 0 Å². The Labute approximate surface area is 152 Å². The highest BCUT2D eigenvalue weighted by molar-refractivity contribution is 5.78. The molecule has 1 aromatic rings. The number of carbonyl (C=O) groups is 1. The van der Waals surface area contributed by atoms with Crippen LogP contribution in [0.15, 0.2) is 30.3 Å². The summed E-state index contributed by atoms with van der Waals surface area (Å²) in [6, 6.07) is 11.3. The maximum atomic E-state index is 12.4. The van der Waals surface area contributed by atoms with Crippen molar-refractivity contribution in [3.05, 3.63) is 30.3 Å². The van der Waals surface area contributed by atoms with Crippen molar-refractivity contribution in [1.82, 2.24) is 10.2 Å². The topological polar surface area (TPSA) is 44.4 Å². The molecule has 138 valence electrons. The smallest absolute Gasteiger partial charge is 0.234 e. The van der Waals surface area contributed by atoms with E-state index in [1.807, 2.05) is 6.07 Å². The molecule has 0 atom stereocenters. The average Bonchev–Trinajstić information content (AvgIpc) is 2.60. The molecule has 1 aromatic carbocycles. The molecule has 2 aliphatic rings. The number of nitrogens with zero attached hydrogens (tertiary/aromatic N) is 1. The highest BCUT2D eigenvalue weighted by Gasteiger charge is 2.22. The van der Waals surface area contributed by atoms with E-state index in [-0.39, 0.29) is 5.91 Å². The van der Waals surface area contributed by atoms with Crippen LogP contribution in [-0.4, -0.2) is 42.5 Å². The average molecular weight is 344 g/mol. The van der Waals surface area contributed by atoms with Gasteiger partial charge in [-0.1, -0.05) is 50.3 Å². The van der Waals surface area contributed by atoms with E-state index in [0.29, 0.717) is 18.6 Å². The van der Waals surface area contributed by atoms with Crippen LogP contribution in [0.5, 0.6) is 0 Å². The van der Waals surface area contributed by atoms with Crippen LogP contribution < -0.4 is 10.6 Å². The zero-order valence-electron chi connectivity index (χ0n) is 15.4. The largest absolute Gasteiger partial charge is 0.382 e. The molecule has 1 saturated heterocycles. The molecule has 0 aromatic heterocycles. The molecule has 1 amide bonds. The third kappa shape index (κ3) is 6.35. The van der Waals surface area contributed by atoms with Gasteiger partial charge >= 0.3 is 0 Å². The first-order valence-electron chi connectivity index (χ1n) is 10.1. The molecule has 0 unspecified atom stereocenters. The summed E-state index contributed by atoms with van der Waals surface area (Å²) in [4.78, 5) is 14.7. The molecule has 2 N–H and O–H groups in total. The molecular formula is C21H33N3O. The van der Waals surface area contributed by atoms with Crippen molar-refractivity contribution in [1.29, 1.82) is 0 Å². The Kier molecular flexibility index (Phi) is 7.16. The SMILES string of the molecule is O=C(CN1CCC(Nc2ccccc2)CC1)NC1CCCCCCC1. The van der Waals surface area contributed by atoms with Crippen LogP contribution in [0.2, 0.25) is 0 Å². The Hall–Kier alpha value is -1.55. The van der Waals surface area contributed by atoms with Gasteiger partial charge in [-0.25, -0.2) is 0 Å². The highest BCUT2D eigenvalue weighted by atomic mass is 16.2. The second-order valence-corrected chi connectivity index (χ2v) is 7.67. The van der Waals surface area contributed by atoms with Crippen molar-refractivity contribution < 1.29 is 4.79 Å². The minimum absolute atomic E-state index is 0.222. The van der Waals surface area contributed by atoms with E-state index in [9.17, 15) is 4.79 Å². The van der Waals surface area contributed by atoms with Crippen molar-refractivity contribution in [2.45, 2.75) is 69.9 Å². The Balaban J connectivity index is 1.35. The third-order valence-electron chi connectivity index (χ3n) is 5.57. The lowest BCUT2D eigenvalue weighted by atomic mass is 9.97. The predicted molar refractivity (Wildman–Crippen MR) is 104 cm³/mol. The lowest BCUT2D eigenvalue weighted by Gasteiger charge is -2.33. The van der Waals surface area contributed by atoms with Gasteiger partial charge in [-0.15, -0.1) is 0 Å². The molecule has 1 aliphatic heterocycles. The van der Waals surface area contributed by atoms with Crippen LogP contribution in [0.25, 0.3) is 0 Å². The fourth-order valence-corrected chi connectivity index (χ4v) is 4.08. The Morgan fingerprint density at radius 3 is 2.20 bits per heavy atom. The van der Waals surface area contributed by atoms with E-state index in [0.717, 1.165) is 38.8 Å². The highest BCUT2D eigenvalue weighted by Crippen LogP contribution is 2.18. The van der Waals surface area contributed by atoms with Crippen LogP contribution in [0.4, 0.5) is 5.69 Å². The Morgan fingerprint density at radius 2 is 1.52 bits per heavy atom. The first-order chi connectivity index (χ1) is 12.3. The van der Waals surface area contributed by atoms with Crippen molar-refractivity contribution >= 4 is 11.6 Å². The molecule has 4 heteroatoms. The van der Waals surface area contributed by atoms with Gasteiger partial charge < -0.3 is 10.6 Å². The summed E-state index contributed by atoms with van der Waals surface area (Å²) in [5.41, 5.74) is 1.20. The van der Waals surface area contributed by atoms with E-state index in [4.69, 9.17) is 0 Å². The fourth-order valence-electron chi connectivity index (χ4n) is 4.08. The monoisotopic (exact) mass is 343 g/mol. The number of hydrogen-bond donors (Lipinski definition) is 2. The molecule has 1 heterocycles. The standard InChI is InChI=1S/C21H33N3O/c25-21(23-19-11-5-2-1-3-6-12-19)17-24-15-13-20(14-16-24)22-18-9-7-4-8-10-18/h4,7-10,19-20,22H,1-3,5-6,11-17H2,(H,23,25). The second-order valence-electron chi connectivity index (χ2n) is 7.67. The van der Waals surface area contributed by atoms with Gasteiger partial charge in [0.1, 0.15) is 0 Å². The quantitative estimate of drug-likeness (QED) is 0.855. The van der Waals surface area contributed by atoms with Gasteiger partial charge in [-0.2, -0.15) is 0 Å². The molecular weight excluding hydrogens is 310 g/mol. The number of carbonyl (C=O) groups excluding carboxylic acids is 1. The molecule has 1 saturated carbocycles. The first kappa shape index (κ1) is 18.2. The number of likely N-dealkylation sites (tertiary alicyclic amines) is 1. The number of amides is 1. The minimum atomic E-state index is 0.222. The van der Waals surface area contributed by atoms with Crippen molar-refractivity contribution in [2.75, 3.05) is 25.0 Å². The van der Waals surface area contributed by atoms with Crippen molar-refractivity contribution in [2.24, 2.45) is 0 Å². The van der Waals surface area contributed by atoms with Crippen LogP contribution >= 0.6 is 0 Å². The number of hydrogen-bond acceptors (Lipinski definition) is 3. The summed E-state index contributed by atoms with van der Waals surface area (Å²) < 4.78 is 0. The third-order valence-corrected chi connectivity index (χ3v) is 5.57. The molecule has 2 fully saturated rings. The maximum Gasteiger partial charge on any atom is 0.234 e. The summed E-state index contributed by atoms with van der Waals surface area (Å²) >= 11 is 0. The molecule has 0 bridgehead atoms. The second kappa shape index (κ2) is 9.81. The number of para-hydroxylation sites is 1. The van der Waals surface area contributed by atoms with Crippen LogP contribution in [0, 0.1) is 0 Å². The van der Waals surface area contributed by atoms with Gasteiger partial charge in [-0.3, -0.25) is 9.69 Å². The predicted octanol–water partition coefficient (Wildman–Crippen LogP) is 3.79. The molecule has 0 radical (unpaired) electrons. The lowest BCUT2D eigenvalue weighted by Crippen LogP contribution is -2.46. The lowest BCUT2D eigenvalue weighted by molar-refractivity contribution is -0.123. The summed E-state index contributed by atoms with van der Waals surface area (Å²) in [7, 11) is 0. The van der Waals surface area contributed by atoms with Crippen LogP contribution in [-0.2, 0) is 4.79 Å². The maximum absolute atomic E-state index is 12.4. The summed E-state index contributed by atoms with van der Waals surface area (Å²) in [5, 5.41) is 6.89. The van der Waals surface area contributed by atoms with Gasteiger partial charge in [0.2, 0.25) is 5.91 Å². The van der Waals surface area contributed by atoms with E-state index in [1.54, 1.807) is 0 Å². The molecule has 0 spiro atoms. The van der Waals surface area contributed by atoms with E-state index >= 15 is 0 Å². The van der Waals surface area contributed by atoms with Crippen molar-refractivity contribution in [3.63, 3.8) is 0 Å². The van der Waals surface area contributed by atoms with Crippen LogP contribution in [0.1, 0.15) is 57.8 Å². The normalized spacial score (nSPS) is 21.3. The molecule has 3 rings (SSSR count).